The Kier molecular flexibility index (Phi) is 30.9. The lowest BCUT2D eigenvalue weighted by Gasteiger charge is -2.64. The van der Waals surface area contributed by atoms with Crippen molar-refractivity contribution < 1.29 is 178 Å². The summed E-state index contributed by atoms with van der Waals surface area (Å²) in [6.07, 6.45) is -42.4. The van der Waals surface area contributed by atoms with Crippen LogP contribution in [-0.4, -0.2) is 389 Å². The summed E-state index contributed by atoms with van der Waals surface area (Å²) >= 11 is 0. The van der Waals surface area contributed by atoms with Gasteiger partial charge in [-0.05, 0) is 91.8 Å². The Balaban J connectivity index is 0.836. The maximum absolute atomic E-state index is 11.4. The Hall–Kier alpha value is -1.44. The Morgan fingerprint density at radius 3 is 1.13 bits per heavy atom. The Bertz CT molecular complexity index is 2580. The zero-order valence-electron chi connectivity index (χ0n) is 60.2. The van der Waals surface area contributed by atoms with Gasteiger partial charge in [-0.15, -0.1) is 0 Å². The van der Waals surface area contributed by atoms with Crippen molar-refractivity contribution in [2.24, 2.45) is 52.3 Å². The summed E-state index contributed by atoms with van der Waals surface area (Å²) in [5, 5.41) is 223. The molecule has 10 rings (SSSR count). The molecular weight excluding hydrogens is 1400 g/mol. The molecule has 21 N–H and O–H groups in total. The van der Waals surface area contributed by atoms with Crippen molar-refractivity contribution in [3.8, 4) is 0 Å². The van der Waals surface area contributed by atoms with E-state index >= 15 is 0 Å². The van der Waals surface area contributed by atoms with E-state index in [9.17, 15) is 107 Å². The molecule has 10 aliphatic rings. The van der Waals surface area contributed by atoms with Crippen molar-refractivity contribution in [1.29, 1.82) is 0 Å². The molecule has 0 aromatic carbocycles. The van der Waals surface area contributed by atoms with Gasteiger partial charge in [-0.2, -0.15) is 0 Å². The summed E-state index contributed by atoms with van der Waals surface area (Å²) < 4.78 is 90.4. The maximum atomic E-state index is 11.4. The van der Waals surface area contributed by atoms with Crippen LogP contribution in [0.5, 0.6) is 0 Å². The Labute approximate surface area is 609 Å². The van der Waals surface area contributed by atoms with Crippen LogP contribution < -0.4 is 0 Å². The minimum Gasteiger partial charge on any atom is -0.394 e. The highest BCUT2D eigenvalue weighted by Gasteiger charge is 2.67. The van der Waals surface area contributed by atoms with E-state index in [1.54, 1.807) is 0 Å². The summed E-state index contributed by atoms with van der Waals surface area (Å²) in [4.78, 5) is 0. The molecule has 612 valence electrons. The molecular formula is C69H120O36. The van der Waals surface area contributed by atoms with Gasteiger partial charge >= 0.3 is 0 Å². The molecule has 4 saturated carbocycles. The topological polar surface area (TPSA) is 563 Å². The molecule has 105 heavy (non-hydrogen) atoms. The summed E-state index contributed by atoms with van der Waals surface area (Å²) in [5.41, 5.74) is -0.770. The SMILES string of the molecule is CC(C)CCC[C@@H](C)[C@H]1CC[C@H]2[C@@H]3[C@H](OCCO[C@@H]4OC(CO)[C@@H](O[C@H]5OC(CO)[C@@H](O)C(O)[C@@H]5O)C(O)[C@@H]4O)C[C@@H]4C[C@H](OCCO[C@@H]5OC(CO)[C@@H](O[C@H]6OC(CO)[C@@H](O)C(O)[C@@H]6O)C(O)[C@@H]5O)CC[C@]4(C)[C@H]3C[C@H](OCCO[C@@H]3OC(CO)[C@@H](O[C@H]4OC(CO)[C@@H](O)[C@H](O)C4O)C(O)C3O)[C@]12C. The van der Waals surface area contributed by atoms with Crippen LogP contribution in [0.15, 0.2) is 0 Å². The first-order chi connectivity index (χ1) is 50.0. The first kappa shape index (κ1) is 86.0. The van der Waals surface area contributed by atoms with Crippen LogP contribution in [0, 0.1) is 52.3 Å². The molecule has 41 atom stereocenters. The summed E-state index contributed by atoms with van der Waals surface area (Å²) in [6, 6.07) is 0. The standard InChI is InChI=1S/C69H120O36/c1-28(2)7-6-8-29(3)32-9-10-33-43-34(21-42(69(32,33)5)93-15-18-96-64-58(90)52(84)61(41(27-75)102-64)105-67-55(87)49(81)46(78)38(24-72)99-67)68(4)12-11-31(91-13-16-94-62-56(88)50(82)59(39(25-73)100-62)103-65-53(85)47(79)44(76)36(22-70)97-65)19-30(68)20-35(43)92-14-17-95-63-57(89)51(83)60(40(26-74)101-63)104-66-54(86)48(80)45(77)37(23-71)98-66/h28-67,70-90H,6-27H2,1-5H3/t29-,30+,31-,32-,33+,34+,35-,36?,37?,38?,39?,40?,41?,42+,43+,44-,45-,46-,47?,48?,49+,50?,51?,52?,53+,54+,55?,56+,57+,58?,59-,60-,61-,62-,63-,64-,65-,66-,67-,68+,69-/m1/s1. The number of fused-ring (bicyclic) bond motifs is 5. The van der Waals surface area contributed by atoms with Gasteiger partial charge in [0.1, 0.15) is 146 Å². The largest absolute Gasteiger partial charge is 0.394 e. The summed E-state index contributed by atoms with van der Waals surface area (Å²) in [6.45, 7) is 6.33. The fraction of sp³-hybridized carbons (Fsp3) is 1.00. The maximum Gasteiger partial charge on any atom is 0.187 e. The smallest absolute Gasteiger partial charge is 0.187 e. The molecule has 36 nitrogen and oxygen atoms in total. The van der Waals surface area contributed by atoms with E-state index in [1.807, 2.05) is 0 Å². The van der Waals surface area contributed by atoms with Crippen molar-refractivity contribution in [3.05, 3.63) is 0 Å². The third kappa shape index (κ3) is 18.2. The van der Waals surface area contributed by atoms with Crippen molar-refractivity contribution in [1.82, 2.24) is 0 Å². The van der Waals surface area contributed by atoms with Gasteiger partial charge < -0.3 is 178 Å². The number of hydrogen-bond acceptors (Lipinski definition) is 36. The number of hydrogen-bond donors (Lipinski definition) is 21. The molecule has 6 heterocycles. The van der Waals surface area contributed by atoms with E-state index in [4.69, 9.17) is 71.1 Å². The van der Waals surface area contributed by atoms with Gasteiger partial charge in [0.05, 0.1) is 97.6 Å². The lowest BCUT2D eigenvalue weighted by atomic mass is 9.43. The zero-order valence-corrected chi connectivity index (χ0v) is 60.2. The van der Waals surface area contributed by atoms with Gasteiger partial charge in [-0.3, -0.25) is 0 Å². The molecule has 4 aliphatic carbocycles. The lowest BCUT2D eigenvalue weighted by molar-refractivity contribution is -0.360. The molecule has 36 heteroatoms. The molecule has 0 aromatic heterocycles. The molecule has 6 aliphatic heterocycles. The van der Waals surface area contributed by atoms with Gasteiger partial charge in [0.2, 0.25) is 0 Å². The molecule has 0 aromatic rings. The van der Waals surface area contributed by atoms with Crippen molar-refractivity contribution in [2.75, 3.05) is 79.3 Å². The summed E-state index contributed by atoms with van der Waals surface area (Å²) in [5.74, 6) is 0.935. The summed E-state index contributed by atoms with van der Waals surface area (Å²) in [7, 11) is 0. The highest BCUT2D eigenvalue weighted by Crippen LogP contribution is 2.69. The Morgan fingerprint density at radius 1 is 0.362 bits per heavy atom. The number of rotatable bonds is 32. The minimum absolute atomic E-state index is 0.00440. The molecule has 0 bridgehead atoms. The van der Waals surface area contributed by atoms with Gasteiger partial charge in [0, 0.05) is 5.41 Å². The lowest BCUT2D eigenvalue weighted by Crippen LogP contribution is -2.64. The second-order valence-corrected chi connectivity index (χ2v) is 31.5. The van der Waals surface area contributed by atoms with Gasteiger partial charge in [-0.1, -0.05) is 53.9 Å². The predicted molar refractivity (Wildman–Crippen MR) is 350 cm³/mol. The van der Waals surface area contributed by atoms with Gasteiger partial charge in [0.25, 0.3) is 0 Å². The van der Waals surface area contributed by atoms with Crippen molar-refractivity contribution in [3.63, 3.8) is 0 Å². The van der Waals surface area contributed by atoms with E-state index < -0.39 is 229 Å². The third-order valence-electron chi connectivity index (χ3n) is 24.9. The second kappa shape index (κ2) is 37.7. The molecule has 6 saturated heterocycles. The Morgan fingerprint density at radius 2 is 0.733 bits per heavy atom. The van der Waals surface area contributed by atoms with Crippen LogP contribution in [0.25, 0.3) is 0 Å². The van der Waals surface area contributed by atoms with E-state index in [0.29, 0.717) is 31.6 Å². The van der Waals surface area contributed by atoms with E-state index in [-0.39, 0.29) is 98.9 Å². The third-order valence-corrected chi connectivity index (χ3v) is 24.9. The number of aliphatic hydroxyl groups is 21. The number of ether oxygens (including phenoxy) is 15. The average molecular weight is 1530 g/mol. The van der Waals surface area contributed by atoms with Crippen LogP contribution in [0.3, 0.4) is 0 Å². The first-order valence-electron chi connectivity index (χ1n) is 37.5. The van der Waals surface area contributed by atoms with Gasteiger partial charge in [-0.25, -0.2) is 0 Å². The fourth-order valence-electron chi connectivity index (χ4n) is 18.9. The normalized spacial score (nSPS) is 50.0. The zero-order chi connectivity index (χ0) is 76.3. The molecule has 13 unspecified atom stereocenters. The molecule has 0 amide bonds. The van der Waals surface area contributed by atoms with Gasteiger partial charge in [0.15, 0.2) is 37.7 Å². The average Bonchev–Trinajstić information content (AvgIpc) is 1.64. The minimum atomic E-state index is -1.86. The van der Waals surface area contributed by atoms with Crippen LogP contribution in [-0.2, 0) is 71.1 Å². The van der Waals surface area contributed by atoms with E-state index in [2.05, 4.69) is 34.6 Å². The highest BCUT2D eigenvalue weighted by molar-refractivity contribution is 5.15. The van der Waals surface area contributed by atoms with E-state index in [0.717, 1.165) is 38.5 Å². The van der Waals surface area contributed by atoms with Crippen molar-refractivity contribution in [2.45, 2.75) is 301 Å². The molecule has 10 fully saturated rings. The second-order valence-electron chi connectivity index (χ2n) is 31.5. The predicted octanol–water partition coefficient (Wildman–Crippen LogP) is -7.59. The molecule has 0 radical (unpaired) electrons. The van der Waals surface area contributed by atoms with Crippen LogP contribution in [0.4, 0.5) is 0 Å². The highest BCUT2D eigenvalue weighted by atomic mass is 16.8. The fourth-order valence-corrected chi connectivity index (χ4v) is 18.9. The van der Waals surface area contributed by atoms with Crippen molar-refractivity contribution >= 4 is 0 Å². The monoisotopic (exact) mass is 1520 g/mol. The van der Waals surface area contributed by atoms with Crippen LogP contribution in [0.1, 0.15) is 98.8 Å². The molecule has 0 spiro atoms. The first-order valence-corrected chi connectivity index (χ1v) is 37.5. The quantitative estimate of drug-likeness (QED) is 0.0278. The number of aliphatic hydroxyl groups excluding tert-OH is 21. The van der Waals surface area contributed by atoms with E-state index in [1.165, 1.54) is 0 Å². The van der Waals surface area contributed by atoms with Crippen LogP contribution in [0.2, 0.25) is 0 Å². The van der Waals surface area contributed by atoms with Crippen LogP contribution >= 0.6 is 0 Å².